The predicted molar refractivity (Wildman–Crippen MR) is 85.4 cm³/mol. The summed E-state index contributed by atoms with van der Waals surface area (Å²) in [4.78, 5) is 12.7. The van der Waals surface area contributed by atoms with E-state index in [1.54, 1.807) is 18.2 Å². The number of benzene rings is 1. The Labute approximate surface area is 131 Å². The number of carbonyl (C=O) groups excluding carboxylic acids is 1. The molecular formula is C18H22ClNO. The van der Waals surface area contributed by atoms with E-state index in [0.717, 1.165) is 17.8 Å². The van der Waals surface area contributed by atoms with E-state index < -0.39 is 0 Å². The van der Waals surface area contributed by atoms with Crippen molar-refractivity contribution in [3.63, 3.8) is 0 Å². The number of nitrogens with two attached hydrogens (primary N) is 1. The summed E-state index contributed by atoms with van der Waals surface area (Å²) in [5, 5.41) is 0.504. The van der Waals surface area contributed by atoms with Crippen LogP contribution in [0.4, 0.5) is 5.69 Å². The molecule has 0 spiro atoms. The van der Waals surface area contributed by atoms with Crippen molar-refractivity contribution in [3.05, 3.63) is 28.8 Å². The first kappa shape index (κ1) is 13.6. The van der Waals surface area contributed by atoms with Crippen molar-refractivity contribution >= 4 is 23.1 Å². The number of rotatable bonds is 3. The molecule has 5 rings (SSSR count). The highest BCUT2D eigenvalue weighted by molar-refractivity contribution is 6.34. The van der Waals surface area contributed by atoms with Crippen molar-refractivity contribution in [1.82, 2.24) is 0 Å². The highest BCUT2D eigenvalue weighted by Crippen LogP contribution is 2.61. The zero-order valence-electron chi connectivity index (χ0n) is 12.3. The zero-order valence-corrected chi connectivity index (χ0v) is 13.0. The van der Waals surface area contributed by atoms with Crippen molar-refractivity contribution < 1.29 is 4.79 Å². The van der Waals surface area contributed by atoms with Crippen molar-refractivity contribution in [2.24, 2.45) is 23.2 Å². The van der Waals surface area contributed by atoms with Gasteiger partial charge in [-0.05, 0) is 79.9 Å². The number of hydrogen-bond acceptors (Lipinski definition) is 2. The highest BCUT2D eigenvalue weighted by Gasteiger charge is 2.51. The lowest BCUT2D eigenvalue weighted by atomic mass is 9.48. The fourth-order valence-electron chi connectivity index (χ4n) is 5.70. The molecule has 4 bridgehead atoms. The average molecular weight is 304 g/mol. The van der Waals surface area contributed by atoms with Gasteiger partial charge in [-0.2, -0.15) is 0 Å². The van der Waals surface area contributed by atoms with Crippen LogP contribution in [0, 0.1) is 23.2 Å². The molecule has 2 nitrogen and oxygen atoms in total. The molecule has 1 aromatic rings. The Morgan fingerprint density at radius 2 is 1.71 bits per heavy atom. The molecule has 0 radical (unpaired) electrons. The second-order valence-electron chi connectivity index (χ2n) is 7.76. The van der Waals surface area contributed by atoms with Gasteiger partial charge in [-0.25, -0.2) is 0 Å². The summed E-state index contributed by atoms with van der Waals surface area (Å²) in [6.07, 6.45) is 8.70. The fourth-order valence-corrected chi connectivity index (χ4v) is 5.99. The highest BCUT2D eigenvalue weighted by atomic mass is 35.5. The second-order valence-corrected chi connectivity index (χ2v) is 8.16. The fraction of sp³-hybridized carbons (Fsp3) is 0.611. The van der Waals surface area contributed by atoms with Crippen molar-refractivity contribution in [1.29, 1.82) is 0 Å². The third kappa shape index (κ3) is 2.38. The van der Waals surface area contributed by atoms with E-state index in [2.05, 4.69) is 0 Å². The Morgan fingerprint density at radius 1 is 1.14 bits per heavy atom. The standard InChI is InChI=1S/C18H22ClNO/c19-16-6-14(20)1-2-15(16)17(21)10-18-7-11-3-12(8-18)5-13(4-11)9-18/h1-2,6,11-13H,3-5,7-10,20H2. The quantitative estimate of drug-likeness (QED) is 0.649. The van der Waals surface area contributed by atoms with Gasteiger partial charge in [-0.15, -0.1) is 0 Å². The lowest BCUT2D eigenvalue weighted by Crippen LogP contribution is -2.46. The Hall–Kier alpha value is -1.02. The molecule has 0 saturated heterocycles. The van der Waals surface area contributed by atoms with Crippen LogP contribution in [-0.4, -0.2) is 5.78 Å². The number of halogens is 1. The molecule has 0 aliphatic heterocycles. The molecule has 21 heavy (non-hydrogen) atoms. The van der Waals surface area contributed by atoms with E-state index >= 15 is 0 Å². The topological polar surface area (TPSA) is 43.1 Å². The molecule has 1 aromatic carbocycles. The first-order chi connectivity index (χ1) is 10.0. The van der Waals surface area contributed by atoms with Crippen LogP contribution in [0.1, 0.15) is 55.3 Å². The minimum Gasteiger partial charge on any atom is -0.399 e. The number of Topliss-reactive ketones (excluding diaryl/α,β-unsaturated/α-hetero) is 1. The third-order valence-corrected chi connectivity index (χ3v) is 6.31. The van der Waals surface area contributed by atoms with Gasteiger partial charge in [0.05, 0.1) is 5.02 Å². The van der Waals surface area contributed by atoms with Gasteiger partial charge in [0.2, 0.25) is 0 Å². The molecule has 4 saturated carbocycles. The number of ketones is 1. The molecule has 0 aromatic heterocycles. The maximum absolute atomic E-state index is 12.7. The van der Waals surface area contributed by atoms with Crippen LogP contribution in [0.3, 0.4) is 0 Å². The van der Waals surface area contributed by atoms with E-state index in [1.807, 2.05) is 0 Å². The van der Waals surface area contributed by atoms with E-state index in [4.69, 9.17) is 17.3 Å². The van der Waals surface area contributed by atoms with Gasteiger partial charge in [0.25, 0.3) is 0 Å². The second kappa shape index (κ2) is 4.74. The van der Waals surface area contributed by atoms with Gasteiger partial charge in [-0.3, -0.25) is 4.79 Å². The summed E-state index contributed by atoms with van der Waals surface area (Å²) in [7, 11) is 0. The molecule has 0 unspecified atom stereocenters. The number of nitrogen functional groups attached to an aromatic ring is 1. The largest absolute Gasteiger partial charge is 0.399 e. The molecule has 0 amide bonds. The Kier molecular flexibility index (Phi) is 3.08. The number of hydrogen-bond donors (Lipinski definition) is 1. The van der Waals surface area contributed by atoms with Crippen LogP contribution in [0.5, 0.6) is 0 Å². The molecule has 0 heterocycles. The minimum atomic E-state index is 0.210. The van der Waals surface area contributed by atoms with Crippen molar-refractivity contribution in [2.45, 2.75) is 44.9 Å². The lowest BCUT2D eigenvalue weighted by molar-refractivity contribution is -0.0524. The van der Waals surface area contributed by atoms with Crippen LogP contribution in [0.25, 0.3) is 0 Å². The summed E-state index contributed by atoms with van der Waals surface area (Å²) < 4.78 is 0. The average Bonchev–Trinajstić information content (AvgIpc) is 2.35. The predicted octanol–water partition coefficient (Wildman–Crippen LogP) is 4.71. The van der Waals surface area contributed by atoms with Crippen LogP contribution in [-0.2, 0) is 0 Å². The monoisotopic (exact) mass is 303 g/mol. The normalized spacial score (nSPS) is 36.9. The van der Waals surface area contributed by atoms with Crippen LogP contribution in [0.2, 0.25) is 5.02 Å². The Morgan fingerprint density at radius 3 is 2.24 bits per heavy atom. The first-order valence-corrected chi connectivity index (χ1v) is 8.49. The van der Waals surface area contributed by atoms with E-state index in [9.17, 15) is 4.79 Å². The Balaban J connectivity index is 1.57. The first-order valence-electron chi connectivity index (χ1n) is 8.11. The van der Waals surface area contributed by atoms with Crippen LogP contribution >= 0.6 is 11.6 Å². The smallest absolute Gasteiger partial charge is 0.164 e. The van der Waals surface area contributed by atoms with Gasteiger partial charge in [0, 0.05) is 17.7 Å². The van der Waals surface area contributed by atoms with Crippen LogP contribution < -0.4 is 5.73 Å². The molecule has 3 heteroatoms. The van der Waals surface area contributed by atoms with Crippen molar-refractivity contribution in [3.8, 4) is 0 Å². The Bertz CT molecular complexity index is 560. The molecule has 0 atom stereocenters. The maximum atomic E-state index is 12.7. The van der Waals surface area contributed by atoms with E-state index in [-0.39, 0.29) is 11.2 Å². The lowest BCUT2D eigenvalue weighted by Gasteiger charge is -2.56. The summed E-state index contributed by atoms with van der Waals surface area (Å²) in [6, 6.07) is 5.26. The van der Waals surface area contributed by atoms with Gasteiger partial charge in [0.15, 0.2) is 5.78 Å². The summed E-state index contributed by atoms with van der Waals surface area (Å²) in [5.41, 5.74) is 7.27. The molecule has 4 fully saturated rings. The number of anilines is 1. The summed E-state index contributed by atoms with van der Waals surface area (Å²) in [6.45, 7) is 0. The zero-order chi connectivity index (χ0) is 14.6. The van der Waals surface area contributed by atoms with E-state index in [0.29, 0.717) is 22.7 Å². The van der Waals surface area contributed by atoms with Crippen LogP contribution in [0.15, 0.2) is 18.2 Å². The van der Waals surface area contributed by atoms with Gasteiger partial charge >= 0.3 is 0 Å². The SMILES string of the molecule is Nc1ccc(C(=O)CC23CC4CC(CC(C4)C2)C3)c(Cl)c1. The molecule has 4 aliphatic rings. The third-order valence-electron chi connectivity index (χ3n) is 5.99. The summed E-state index contributed by atoms with van der Waals surface area (Å²) >= 11 is 6.21. The van der Waals surface area contributed by atoms with Crippen molar-refractivity contribution in [2.75, 3.05) is 5.73 Å². The minimum absolute atomic E-state index is 0.210. The van der Waals surface area contributed by atoms with Gasteiger partial charge < -0.3 is 5.73 Å². The molecule has 4 aliphatic carbocycles. The van der Waals surface area contributed by atoms with Gasteiger partial charge in [-0.1, -0.05) is 11.6 Å². The summed E-state index contributed by atoms with van der Waals surface area (Å²) in [5.74, 6) is 2.85. The van der Waals surface area contributed by atoms with Gasteiger partial charge in [0.1, 0.15) is 0 Å². The molecule has 112 valence electrons. The van der Waals surface area contributed by atoms with E-state index in [1.165, 1.54) is 38.5 Å². The molecular weight excluding hydrogens is 282 g/mol. The maximum Gasteiger partial charge on any atom is 0.164 e. The molecule has 2 N–H and O–H groups in total. The number of carbonyl (C=O) groups is 1.